The third-order valence-corrected chi connectivity index (χ3v) is 6.98. The minimum atomic E-state index is -0.236. The summed E-state index contributed by atoms with van der Waals surface area (Å²) < 4.78 is 5.05. The van der Waals surface area contributed by atoms with Crippen molar-refractivity contribution in [1.82, 2.24) is 0 Å². The second kappa shape index (κ2) is 4.25. The van der Waals surface area contributed by atoms with Crippen molar-refractivity contribution in [2.45, 2.75) is 16.9 Å². The molecule has 17 heavy (non-hydrogen) atoms. The van der Waals surface area contributed by atoms with E-state index in [1.54, 1.807) is 0 Å². The number of hydrogen-bond acceptors (Lipinski definition) is 4. The van der Waals surface area contributed by atoms with Gasteiger partial charge in [-0.25, -0.2) is 4.79 Å². The number of benzene rings is 1. The van der Waals surface area contributed by atoms with Gasteiger partial charge in [-0.3, -0.25) is 0 Å². The highest BCUT2D eigenvalue weighted by Crippen LogP contribution is 2.58. The van der Waals surface area contributed by atoms with Gasteiger partial charge in [-0.05, 0) is 36.1 Å². The predicted octanol–water partition coefficient (Wildman–Crippen LogP) is 3.05. The fourth-order valence-electron chi connectivity index (χ4n) is 2.61. The topological polar surface area (TPSA) is 26.3 Å². The number of carbonyl (C=O) groups is 1. The minimum absolute atomic E-state index is 0.236. The van der Waals surface area contributed by atoms with E-state index >= 15 is 0 Å². The lowest BCUT2D eigenvalue weighted by Crippen LogP contribution is -2.09. The Labute approximate surface area is 109 Å². The van der Waals surface area contributed by atoms with Crippen molar-refractivity contribution in [3.63, 3.8) is 0 Å². The Bertz CT molecular complexity index is 464. The molecule has 2 aliphatic rings. The zero-order valence-corrected chi connectivity index (χ0v) is 11.3. The number of thioether (sulfide) groups is 2. The molecule has 0 atom stereocenters. The summed E-state index contributed by atoms with van der Waals surface area (Å²) in [5.41, 5.74) is 3.43. The molecule has 90 valence electrons. The summed E-state index contributed by atoms with van der Waals surface area (Å²) in [4.78, 5) is 11.5. The zero-order valence-electron chi connectivity index (χ0n) is 9.69. The predicted molar refractivity (Wildman–Crippen MR) is 72.7 cm³/mol. The summed E-state index contributed by atoms with van der Waals surface area (Å²) >= 11 is 4.12. The van der Waals surface area contributed by atoms with E-state index < -0.39 is 0 Å². The third-order valence-electron chi connectivity index (χ3n) is 3.41. The molecule has 1 aromatic rings. The Morgan fingerprint density at radius 3 is 2.82 bits per heavy atom. The Morgan fingerprint density at radius 2 is 2.12 bits per heavy atom. The molecule has 2 nitrogen and oxygen atoms in total. The summed E-state index contributed by atoms with van der Waals surface area (Å²) in [7, 11) is 1.43. The van der Waals surface area contributed by atoms with Crippen LogP contribution in [0, 0.1) is 0 Å². The number of carbonyl (C=O) groups excluding carboxylic acids is 1. The number of esters is 1. The second-order valence-electron chi connectivity index (χ2n) is 4.31. The molecule has 0 radical (unpaired) electrons. The third kappa shape index (κ3) is 1.78. The van der Waals surface area contributed by atoms with E-state index in [4.69, 9.17) is 4.74 Å². The quantitative estimate of drug-likeness (QED) is 0.730. The summed E-state index contributed by atoms with van der Waals surface area (Å²) in [5.74, 6) is 2.24. The monoisotopic (exact) mass is 266 g/mol. The maximum Gasteiger partial charge on any atom is 0.337 e. The minimum Gasteiger partial charge on any atom is -0.465 e. The van der Waals surface area contributed by atoms with Gasteiger partial charge in [0.1, 0.15) is 0 Å². The highest BCUT2D eigenvalue weighted by Gasteiger charge is 2.42. The summed E-state index contributed by atoms with van der Waals surface area (Å²) in [6.45, 7) is 0. The molecule has 0 amide bonds. The van der Waals surface area contributed by atoms with Crippen LogP contribution in [0.3, 0.4) is 0 Å². The maximum absolute atomic E-state index is 11.5. The van der Waals surface area contributed by atoms with Crippen LogP contribution in [0.4, 0.5) is 0 Å². The van der Waals surface area contributed by atoms with Gasteiger partial charge in [-0.2, -0.15) is 0 Å². The molecular formula is C13H14O2S2. The van der Waals surface area contributed by atoms with E-state index in [-0.39, 0.29) is 10.0 Å². The van der Waals surface area contributed by atoms with Crippen molar-refractivity contribution in [2.75, 3.05) is 18.6 Å². The lowest BCUT2D eigenvalue weighted by atomic mass is 10.1. The maximum atomic E-state index is 11.5. The molecule has 1 spiro atoms. The van der Waals surface area contributed by atoms with Gasteiger partial charge in [0.2, 0.25) is 0 Å². The first-order valence-corrected chi connectivity index (χ1v) is 7.72. The van der Waals surface area contributed by atoms with Crippen molar-refractivity contribution >= 4 is 29.5 Å². The molecule has 4 heteroatoms. The fourth-order valence-corrected chi connectivity index (χ4v) is 5.97. The molecule has 1 aliphatic carbocycles. The molecule has 1 aromatic carbocycles. The molecule has 3 rings (SSSR count). The molecule has 1 aliphatic heterocycles. The molecule has 1 saturated heterocycles. The van der Waals surface area contributed by atoms with Gasteiger partial charge in [-0.15, -0.1) is 23.5 Å². The summed E-state index contributed by atoms with van der Waals surface area (Å²) in [6.07, 6.45) is 2.28. The lowest BCUT2D eigenvalue weighted by molar-refractivity contribution is 0.0600. The molecule has 1 fully saturated rings. The van der Waals surface area contributed by atoms with E-state index in [0.717, 1.165) is 6.42 Å². The molecule has 1 heterocycles. The number of aryl methyl sites for hydroxylation is 1. The van der Waals surface area contributed by atoms with Crippen LogP contribution >= 0.6 is 23.5 Å². The second-order valence-corrected chi connectivity index (χ2v) is 7.36. The molecule has 0 N–H and O–H groups in total. The van der Waals surface area contributed by atoms with Gasteiger partial charge in [0.15, 0.2) is 0 Å². The lowest BCUT2D eigenvalue weighted by Gasteiger charge is -2.22. The molecule has 0 bridgehead atoms. The largest absolute Gasteiger partial charge is 0.465 e. The van der Waals surface area contributed by atoms with E-state index in [1.165, 1.54) is 36.2 Å². The highest BCUT2D eigenvalue weighted by molar-refractivity contribution is 8.20. The van der Waals surface area contributed by atoms with Gasteiger partial charge in [0, 0.05) is 11.5 Å². The van der Waals surface area contributed by atoms with Crippen LogP contribution in [-0.2, 0) is 15.2 Å². The number of hydrogen-bond donors (Lipinski definition) is 0. The smallest absolute Gasteiger partial charge is 0.337 e. The average Bonchev–Trinajstić information content (AvgIpc) is 2.98. The van der Waals surface area contributed by atoms with Crippen molar-refractivity contribution in [3.8, 4) is 0 Å². The first-order chi connectivity index (χ1) is 8.25. The zero-order chi connectivity index (χ0) is 11.9. The summed E-state index contributed by atoms with van der Waals surface area (Å²) in [6, 6.07) is 6.03. The van der Waals surface area contributed by atoms with E-state index in [9.17, 15) is 4.79 Å². The highest BCUT2D eigenvalue weighted by atomic mass is 32.2. The van der Waals surface area contributed by atoms with Crippen molar-refractivity contribution < 1.29 is 9.53 Å². The van der Waals surface area contributed by atoms with Crippen LogP contribution in [0.1, 0.15) is 27.9 Å². The van der Waals surface area contributed by atoms with Crippen LogP contribution in [0.25, 0.3) is 0 Å². The van der Waals surface area contributed by atoms with Crippen LogP contribution in [0.15, 0.2) is 18.2 Å². The molecule has 0 unspecified atom stereocenters. The van der Waals surface area contributed by atoms with E-state index in [1.807, 2.05) is 12.1 Å². The molecule has 0 saturated carbocycles. The first-order valence-electron chi connectivity index (χ1n) is 5.75. The first kappa shape index (κ1) is 11.5. The Morgan fingerprint density at radius 1 is 1.35 bits per heavy atom. The van der Waals surface area contributed by atoms with Gasteiger partial charge < -0.3 is 4.74 Å². The van der Waals surface area contributed by atoms with Crippen molar-refractivity contribution in [1.29, 1.82) is 0 Å². The molecule has 0 aromatic heterocycles. The average molecular weight is 266 g/mol. The Kier molecular flexibility index (Phi) is 2.87. The van der Waals surface area contributed by atoms with Crippen LogP contribution < -0.4 is 0 Å². The number of rotatable bonds is 1. The Hall–Kier alpha value is -0.610. The van der Waals surface area contributed by atoms with Crippen LogP contribution in [-0.4, -0.2) is 24.6 Å². The van der Waals surface area contributed by atoms with E-state index in [0.29, 0.717) is 5.56 Å². The van der Waals surface area contributed by atoms with Crippen LogP contribution in [0.2, 0.25) is 0 Å². The normalized spacial score (nSPS) is 20.5. The number of methoxy groups -OCH3 is 1. The summed E-state index contributed by atoms with van der Waals surface area (Å²) in [5, 5.41) is 0. The van der Waals surface area contributed by atoms with Crippen molar-refractivity contribution in [3.05, 3.63) is 34.9 Å². The van der Waals surface area contributed by atoms with Crippen LogP contribution in [0.5, 0.6) is 0 Å². The standard InChI is InChI=1S/C13H14O2S2/c1-15-12(14)10-2-3-11-9(8-10)4-5-13(11)16-6-7-17-13/h2-3,8H,4-7H2,1H3. The fraction of sp³-hybridized carbons (Fsp3) is 0.462. The van der Waals surface area contributed by atoms with Gasteiger partial charge in [0.05, 0.1) is 16.8 Å². The van der Waals surface area contributed by atoms with Gasteiger partial charge in [-0.1, -0.05) is 6.07 Å². The van der Waals surface area contributed by atoms with Crippen molar-refractivity contribution in [2.24, 2.45) is 0 Å². The number of fused-ring (bicyclic) bond motifs is 2. The Balaban J connectivity index is 1.99. The SMILES string of the molecule is COC(=O)c1ccc2c(c1)CCC21SCCS1. The van der Waals surface area contributed by atoms with Gasteiger partial charge >= 0.3 is 5.97 Å². The van der Waals surface area contributed by atoms with Gasteiger partial charge in [0.25, 0.3) is 0 Å². The van der Waals surface area contributed by atoms with E-state index in [2.05, 4.69) is 29.6 Å². The molecular weight excluding hydrogens is 252 g/mol. The number of ether oxygens (including phenoxy) is 1.